The van der Waals surface area contributed by atoms with Crippen LogP contribution in [0.25, 0.3) is 38.6 Å². The highest BCUT2D eigenvalue weighted by atomic mass is 19.1. The third-order valence-electron chi connectivity index (χ3n) is 6.35. The van der Waals surface area contributed by atoms with Crippen molar-refractivity contribution in [2.45, 2.75) is 13.0 Å². The summed E-state index contributed by atoms with van der Waals surface area (Å²) in [7, 11) is 1.83. The molecule has 37 heavy (non-hydrogen) atoms. The molecule has 2 aromatic carbocycles. The normalized spacial score (nSPS) is 12.2. The van der Waals surface area contributed by atoms with Crippen molar-refractivity contribution in [2.24, 2.45) is 7.05 Å². The van der Waals surface area contributed by atoms with Crippen molar-refractivity contribution in [1.29, 1.82) is 0 Å². The van der Waals surface area contributed by atoms with Gasteiger partial charge in [-0.25, -0.2) is 14.4 Å². The van der Waals surface area contributed by atoms with E-state index in [1.54, 1.807) is 33.8 Å². The first-order valence-corrected chi connectivity index (χ1v) is 11.8. The lowest BCUT2D eigenvalue weighted by atomic mass is 9.99. The first-order chi connectivity index (χ1) is 18.0. The Morgan fingerprint density at radius 2 is 1.86 bits per heavy atom. The summed E-state index contributed by atoms with van der Waals surface area (Å²) in [6, 6.07) is 17.0. The minimum absolute atomic E-state index is 0.253. The number of nitrogens with one attached hydrogen (secondary N) is 1. The smallest absolute Gasteiger partial charge is 0.263 e. The molecule has 0 unspecified atom stereocenters. The van der Waals surface area contributed by atoms with Gasteiger partial charge in [-0.15, -0.1) is 0 Å². The number of benzene rings is 2. The second-order valence-electron chi connectivity index (χ2n) is 8.82. The first kappa shape index (κ1) is 22.5. The minimum Gasteiger partial charge on any atom is -0.360 e. The molecule has 0 bridgehead atoms. The number of halogens is 1. The van der Waals surface area contributed by atoms with Crippen LogP contribution in [0.1, 0.15) is 18.7 Å². The number of fused-ring (bicyclic) bond motifs is 2. The van der Waals surface area contributed by atoms with Crippen molar-refractivity contribution in [3.63, 3.8) is 0 Å². The number of aromatic nitrogens is 6. The van der Waals surface area contributed by atoms with Crippen LogP contribution in [0, 0.1) is 5.82 Å². The molecule has 0 aliphatic heterocycles. The van der Waals surface area contributed by atoms with E-state index in [4.69, 9.17) is 0 Å². The van der Waals surface area contributed by atoms with Gasteiger partial charge in [-0.1, -0.05) is 24.3 Å². The summed E-state index contributed by atoms with van der Waals surface area (Å²) >= 11 is 0. The van der Waals surface area contributed by atoms with E-state index in [-0.39, 0.29) is 11.6 Å². The molecule has 0 radical (unpaired) electrons. The summed E-state index contributed by atoms with van der Waals surface area (Å²) < 4.78 is 17.6. The minimum atomic E-state index is -0.428. The summed E-state index contributed by atoms with van der Waals surface area (Å²) in [5.41, 5.74) is 3.74. The van der Waals surface area contributed by atoms with E-state index in [9.17, 15) is 9.18 Å². The second-order valence-corrected chi connectivity index (χ2v) is 8.82. The fourth-order valence-electron chi connectivity index (χ4n) is 4.66. The van der Waals surface area contributed by atoms with Gasteiger partial charge in [-0.05, 0) is 54.3 Å². The van der Waals surface area contributed by atoms with Gasteiger partial charge in [-0.3, -0.25) is 19.0 Å². The Morgan fingerprint density at radius 1 is 1.00 bits per heavy atom. The lowest BCUT2D eigenvalue weighted by Crippen LogP contribution is -2.26. The van der Waals surface area contributed by atoms with Gasteiger partial charge < -0.3 is 5.32 Å². The van der Waals surface area contributed by atoms with Crippen LogP contribution < -0.4 is 10.9 Å². The topological polar surface area (TPSA) is 90.5 Å². The molecule has 8 nitrogen and oxygen atoms in total. The number of anilines is 1. The molecule has 0 spiro atoms. The zero-order valence-electron chi connectivity index (χ0n) is 20.1. The van der Waals surface area contributed by atoms with E-state index >= 15 is 0 Å². The van der Waals surface area contributed by atoms with Crippen molar-refractivity contribution in [2.75, 3.05) is 5.32 Å². The van der Waals surface area contributed by atoms with Crippen molar-refractivity contribution < 1.29 is 4.39 Å². The van der Waals surface area contributed by atoms with Crippen molar-refractivity contribution in [3.05, 3.63) is 107 Å². The van der Waals surface area contributed by atoms with Crippen molar-refractivity contribution in [3.8, 4) is 16.8 Å². The summed E-state index contributed by atoms with van der Waals surface area (Å²) in [5.74, 6) is 0.114. The van der Waals surface area contributed by atoms with Crippen LogP contribution in [0.3, 0.4) is 0 Å². The average Bonchev–Trinajstić information content (AvgIpc) is 3.34. The predicted octanol–water partition coefficient (Wildman–Crippen LogP) is 5.04. The van der Waals surface area contributed by atoms with E-state index in [1.807, 2.05) is 56.6 Å². The van der Waals surface area contributed by atoms with Gasteiger partial charge in [0, 0.05) is 30.7 Å². The van der Waals surface area contributed by atoms with Crippen LogP contribution >= 0.6 is 0 Å². The van der Waals surface area contributed by atoms with E-state index in [2.05, 4.69) is 25.4 Å². The predicted molar refractivity (Wildman–Crippen MR) is 141 cm³/mol. The second kappa shape index (κ2) is 8.94. The molecule has 6 rings (SSSR count). The maximum atomic E-state index is 14.3. The SMILES string of the molecule is C[C@H](Nc1ncnc2cccnc12)c1cc2cccc(-c3cnn(C)c3)c2c(=O)n1-c1cccc(F)c1. The van der Waals surface area contributed by atoms with Gasteiger partial charge in [0.25, 0.3) is 5.56 Å². The van der Waals surface area contributed by atoms with Gasteiger partial charge in [0.2, 0.25) is 0 Å². The molecular formula is C28H22FN7O. The Labute approximate surface area is 211 Å². The highest BCUT2D eigenvalue weighted by molar-refractivity contribution is 5.96. The third kappa shape index (κ3) is 4.00. The molecule has 0 saturated heterocycles. The Hall–Kier alpha value is -4.92. The molecule has 6 aromatic rings. The Morgan fingerprint density at radius 3 is 2.68 bits per heavy atom. The highest BCUT2D eigenvalue weighted by Gasteiger charge is 2.20. The van der Waals surface area contributed by atoms with Crippen LogP contribution in [-0.2, 0) is 7.05 Å². The summed E-state index contributed by atoms with van der Waals surface area (Å²) in [5, 5.41) is 8.96. The average molecular weight is 492 g/mol. The van der Waals surface area contributed by atoms with E-state index in [1.165, 1.54) is 18.5 Å². The van der Waals surface area contributed by atoms with Crippen molar-refractivity contribution in [1.82, 2.24) is 29.3 Å². The van der Waals surface area contributed by atoms with Gasteiger partial charge in [-0.2, -0.15) is 5.10 Å². The van der Waals surface area contributed by atoms with Gasteiger partial charge in [0.1, 0.15) is 17.7 Å². The number of pyridine rings is 2. The number of nitrogens with zero attached hydrogens (tertiary/aromatic N) is 6. The number of hydrogen-bond acceptors (Lipinski definition) is 6. The summed E-state index contributed by atoms with van der Waals surface area (Å²) in [4.78, 5) is 27.3. The summed E-state index contributed by atoms with van der Waals surface area (Å²) in [6.07, 6.45) is 6.75. The molecule has 4 aromatic heterocycles. The fourth-order valence-corrected chi connectivity index (χ4v) is 4.66. The standard InChI is InChI=1S/C28H22FN7O/c1-17(34-27-26-23(31-16-32-27)10-5-11-30-26)24-12-18-6-3-9-22(19-14-33-35(2)15-19)25(18)28(37)36(24)21-8-4-7-20(29)13-21/h3-17H,1-2H3,(H,31,32,34)/t17-/m0/s1. The zero-order chi connectivity index (χ0) is 25.5. The van der Waals surface area contributed by atoms with E-state index in [0.29, 0.717) is 33.6 Å². The monoisotopic (exact) mass is 491 g/mol. The maximum Gasteiger partial charge on any atom is 0.263 e. The van der Waals surface area contributed by atoms with Gasteiger partial charge in [0.15, 0.2) is 5.82 Å². The Kier molecular flexibility index (Phi) is 5.45. The van der Waals surface area contributed by atoms with Crippen LogP contribution in [0.5, 0.6) is 0 Å². The third-order valence-corrected chi connectivity index (χ3v) is 6.35. The first-order valence-electron chi connectivity index (χ1n) is 11.8. The van der Waals surface area contributed by atoms with Crippen molar-refractivity contribution >= 4 is 27.6 Å². The number of rotatable bonds is 5. The molecule has 9 heteroatoms. The van der Waals surface area contributed by atoms with Crippen LogP contribution in [0.2, 0.25) is 0 Å². The van der Waals surface area contributed by atoms with E-state index < -0.39 is 5.82 Å². The van der Waals surface area contributed by atoms with Crippen LogP contribution in [0.4, 0.5) is 10.2 Å². The molecule has 0 amide bonds. The number of hydrogen-bond donors (Lipinski definition) is 1. The zero-order valence-corrected chi connectivity index (χ0v) is 20.1. The largest absolute Gasteiger partial charge is 0.360 e. The highest BCUT2D eigenvalue weighted by Crippen LogP contribution is 2.30. The molecule has 1 N–H and O–H groups in total. The lowest BCUT2D eigenvalue weighted by Gasteiger charge is -2.22. The lowest BCUT2D eigenvalue weighted by molar-refractivity contribution is 0.625. The Balaban J connectivity index is 1.58. The molecule has 182 valence electrons. The molecular weight excluding hydrogens is 469 g/mol. The molecule has 1 atom stereocenters. The molecule has 0 aliphatic rings. The van der Waals surface area contributed by atoms with Crippen LogP contribution in [-0.4, -0.2) is 29.3 Å². The fraction of sp³-hybridized carbons (Fsp3) is 0.107. The quantitative estimate of drug-likeness (QED) is 0.363. The molecule has 0 fully saturated rings. The molecule has 0 saturated carbocycles. The number of aryl methyl sites for hydroxylation is 1. The maximum absolute atomic E-state index is 14.3. The van der Waals surface area contributed by atoms with Gasteiger partial charge >= 0.3 is 0 Å². The van der Waals surface area contributed by atoms with Gasteiger partial charge in [0.05, 0.1) is 28.8 Å². The molecule has 0 aliphatic carbocycles. The van der Waals surface area contributed by atoms with Crippen LogP contribution in [0.15, 0.2) is 90.4 Å². The van der Waals surface area contributed by atoms with E-state index in [0.717, 1.165) is 16.5 Å². The Bertz CT molecular complexity index is 1840. The molecule has 4 heterocycles. The summed E-state index contributed by atoms with van der Waals surface area (Å²) in [6.45, 7) is 1.93.